The van der Waals surface area contributed by atoms with Crippen molar-refractivity contribution in [1.29, 1.82) is 0 Å². The van der Waals surface area contributed by atoms with E-state index in [-0.39, 0.29) is 49.5 Å². The summed E-state index contributed by atoms with van der Waals surface area (Å²) in [5, 5.41) is 28.5. The topological polar surface area (TPSA) is 338 Å². The lowest BCUT2D eigenvalue weighted by Gasteiger charge is -2.35. The fourth-order valence-electron chi connectivity index (χ4n) is 10.5. The Balaban J connectivity index is 0.000000356. The first-order chi connectivity index (χ1) is 46.8. The van der Waals surface area contributed by atoms with Gasteiger partial charge < -0.3 is 44.5 Å². The van der Waals surface area contributed by atoms with Crippen LogP contribution in [0.3, 0.4) is 0 Å². The predicted molar refractivity (Wildman–Crippen MR) is 384 cm³/mol. The Labute approximate surface area is 595 Å². The van der Waals surface area contributed by atoms with Crippen molar-refractivity contribution in [2.24, 2.45) is 23.7 Å². The van der Waals surface area contributed by atoms with Crippen molar-refractivity contribution in [2.75, 3.05) is 13.1 Å². The number of esters is 5. The Morgan fingerprint density at radius 3 is 1.37 bits per heavy atom. The number of aliphatic carboxylic acids is 1. The number of fused-ring (bicyclic) bond motifs is 2. The molecule has 0 radical (unpaired) electrons. The zero-order valence-electron chi connectivity index (χ0n) is 62.7. The summed E-state index contributed by atoms with van der Waals surface area (Å²) in [5.74, 6) is -6.25. The predicted octanol–water partition coefficient (Wildman–Crippen LogP) is 10.7. The fourth-order valence-corrected chi connectivity index (χ4v) is 10.5. The third-order valence-corrected chi connectivity index (χ3v) is 15.6. The lowest BCUT2D eigenvalue weighted by atomic mass is 9.91. The van der Waals surface area contributed by atoms with Crippen molar-refractivity contribution >= 4 is 93.4 Å². The van der Waals surface area contributed by atoms with E-state index < -0.39 is 118 Å². The van der Waals surface area contributed by atoms with Gasteiger partial charge in [0.15, 0.2) is 0 Å². The molecule has 6 N–H and O–H groups in total. The number of ether oxygens (including phenoxy) is 5. The van der Waals surface area contributed by atoms with E-state index in [4.69, 9.17) is 28.8 Å². The van der Waals surface area contributed by atoms with E-state index in [0.29, 0.717) is 38.8 Å². The summed E-state index contributed by atoms with van der Waals surface area (Å²) in [6.07, 6.45) is 11.7. The number of amides is 4. The minimum absolute atomic E-state index is 0.0786. The van der Waals surface area contributed by atoms with Gasteiger partial charge >= 0.3 is 35.8 Å². The van der Waals surface area contributed by atoms with Gasteiger partial charge in [0.1, 0.15) is 52.7 Å². The maximum Gasteiger partial charge on any atom is 0.325 e. The van der Waals surface area contributed by atoms with Gasteiger partial charge in [0.2, 0.25) is 11.8 Å². The van der Waals surface area contributed by atoms with Gasteiger partial charge in [0, 0.05) is 36.3 Å². The Kier molecular flexibility index (Phi) is 31.7. The van der Waals surface area contributed by atoms with Gasteiger partial charge in [-0.25, -0.2) is 10.9 Å². The third-order valence-electron chi connectivity index (χ3n) is 15.6. The van der Waals surface area contributed by atoms with Crippen molar-refractivity contribution in [3.8, 4) is 0 Å². The lowest BCUT2D eigenvalue weighted by Crippen LogP contribution is -2.59. The first kappa shape index (κ1) is 84.7. The second-order valence-electron chi connectivity index (χ2n) is 30.3. The molecule has 4 heterocycles. The zero-order chi connectivity index (χ0) is 76.1. The molecule has 8 atom stereocenters. The quantitative estimate of drug-likeness (QED) is 0.0297. The molecule has 0 bridgehead atoms. The average molecular weight is 1410 g/mol. The average Bonchev–Trinajstić information content (AvgIpc) is 0.831. The molecule has 0 spiro atoms. The number of benzene rings is 2. The normalized spacial score (nSPS) is 17.1. The molecule has 25 heteroatoms. The smallest absolute Gasteiger partial charge is 0.325 e. The summed E-state index contributed by atoms with van der Waals surface area (Å²) in [4.78, 5) is 133. The molecule has 6 rings (SSSR count). The second-order valence-corrected chi connectivity index (χ2v) is 30.3. The van der Waals surface area contributed by atoms with Crippen molar-refractivity contribution in [3.63, 3.8) is 0 Å². The number of aliphatic hydroxyl groups is 1. The lowest BCUT2D eigenvalue weighted by molar-refractivity contribution is -0.159. The van der Waals surface area contributed by atoms with Crippen LogP contribution in [0.2, 0.25) is 0 Å². The van der Waals surface area contributed by atoms with Gasteiger partial charge in [-0.05, 0) is 207 Å². The number of nitrogens with one attached hydrogen (secondary N) is 4. The Hall–Kier alpha value is -8.68. The molecule has 0 aliphatic carbocycles. The number of hydrogen-bond donors (Lipinski definition) is 6. The molecule has 2 aromatic carbocycles. The molecular formula is C76H110N8O17. The van der Waals surface area contributed by atoms with E-state index in [0.717, 1.165) is 44.1 Å². The van der Waals surface area contributed by atoms with Gasteiger partial charge in [-0.3, -0.25) is 67.9 Å². The van der Waals surface area contributed by atoms with Crippen molar-refractivity contribution in [3.05, 3.63) is 95.3 Å². The van der Waals surface area contributed by atoms with E-state index >= 15 is 0 Å². The maximum absolute atomic E-state index is 13.3. The summed E-state index contributed by atoms with van der Waals surface area (Å²) in [6, 6.07) is 12.0. The number of nitrogens with zero attached hydrogens (tertiary/aromatic N) is 4. The van der Waals surface area contributed by atoms with Gasteiger partial charge in [-0.2, -0.15) is 0 Å². The SMILES string of the molecule is CC(C)[C@H](CC(=O)OC(C)(C)C)C(=O)N[C@@H](C)C(=O)N1CCC[C@@H](C(=O)O)N1.CC(C)[C@H](CC(=O)OC(C)(C)C)C(=O)N[C@@H](C)C(=O)N1CCC[C@@H](C(=O)O[C@H](C)c2ccc3ncc(/C=C/CC(=O)OC(C)(C)C)cc3c2)N1.C[C@@H](O)c1cnc2ccc(/C=C/CC(=O)OC(C)(C)C)cc2c1. The van der Waals surface area contributed by atoms with Crippen molar-refractivity contribution in [1.82, 2.24) is 41.5 Å². The molecule has 101 heavy (non-hydrogen) atoms. The highest BCUT2D eigenvalue weighted by Crippen LogP contribution is 2.27. The van der Waals surface area contributed by atoms with Gasteiger partial charge in [-0.15, -0.1) is 0 Å². The highest BCUT2D eigenvalue weighted by atomic mass is 16.6. The van der Waals surface area contributed by atoms with E-state index in [1.807, 2.05) is 130 Å². The summed E-state index contributed by atoms with van der Waals surface area (Å²) >= 11 is 0. The number of carboxylic acid groups (broad SMARTS) is 1. The molecule has 2 saturated heterocycles. The highest BCUT2D eigenvalue weighted by Gasteiger charge is 2.37. The first-order valence-corrected chi connectivity index (χ1v) is 34.7. The number of carbonyl (C=O) groups excluding carboxylic acids is 9. The van der Waals surface area contributed by atoms with Gasteiger partial charge in [0.25, 0.3) is 11.8 Å². The second kappa shape index (κ2) is 37.8. The third kappa shape index (κ3) is 30.2. The Morgan fingerprint density at radius 1 is 0.535 bits per heavy atom. The van der Waals surface area contributed by atoms with E-state index in [1.54, 1.807) is 86.9 Å². The maximum atomic E-state index is 13.3. The molecule has 0 unspecified atom stereocenters. The van der Waals surface area contributed by atoms with Crippen LogP contribution < -0.4 is 21.5 Å². The van der Waals surface area contributed by atoms with Crippen molar-refractivity contribution < 1.29 is 81.8 Å². The monoisotopic (exact) mass is 1410 g/mol. The Bertz CT molecular complexity index is 3590. The van der Waals surface area contributed by atoms with Crippen LogP contribution in [-0.2, 0) is 71.6 Å². The minimum atomic E-state index is -1.02. The number of rotatable bonds is 23. The van der Waals surface area contributed by atoms with E-state index in [2.05, 4.69) is 31.5 Å². The summed E-state index contributed by atoms with van der Waals surface area (Å²) in [7, 11) is 0. The Morgan fingerprint density at radius 2 is 0.931 bits per heavy atom. The zero-order valence-corrected chi connectivity index (χ0v) is 62.7. The number of aromatic nitrogens is 2. The van der Waals surface area contributed by atoms with Crippen LogP contribution in [0, 0.1) is 23.7 Å². The summed E-state index contributed by atoms with van der Waals surface area (Å²) in [6.45, 7) is 36.3. The minimum Gasteiger partial charge on any atom is -0.480 e. The fraction of sp³-hybridized carbons (Fsp3) is 0.579. The number of hydrazine groups is 2. The van der Waals surface area contributed by atoms with Crippen LogP contribution in [0.4, 0.5) is 0 Å². The number of aliphatic hydroxyl groups excluding tert-OH is 1. The van der Waals surface area contributed by atoms with Crippen molar-refractivity contribution in [2.45, 2.75) is 249 Å². The number of carboxylic acids is 1. The standard InChI is InChI=1S/C38H54N4O8.C19H33N3O6.C19H23NO3/c1-23(2)29(21-33(44)50-38(8,9)10)34(45)40-24(3)35(46)42-18-12-14-31(41-42)36(47)48-25(4)27-16-17-30-28(20-27)19-26(22-39-30)13-11-15-32(43)49-37(5,6)7;1-11(2)13(10-15(23)28-19(4,5)6)16(24)20-12(3)17(25)22-9-7-8-14(21-22)18(26)27;1-13(21)16-11-15-10-14(8-9-17(15)20-12-16)6-5-7-18(22)23-19(2,3)4/h11,13,16-17,19-20,22-25,29,31,41H,12,14-15,18,21H2,1-10H3,(H,40,45);11-14,21H,7-10H2,1-6H3,(H,20,24)(H,26,27);5-6,8-13,21H,7H2,1-4H3/b13-11+;;6-5+/t24-,25+,29-,31-;12-,13-,14-;13-/m001/s1. The molecular weight excluding hydrogens is 1300 g/mol. The van der Waals surface area contributed by atoms with Crippen LogP contribution in [0.15, 0.2) is 73.1 Å². The largest absolute Gasteiger partial charge is 0.480 e. The molecule has 0 saturated carbocycles. The summed E-state index contributed by atoms with van der Waals surface area (Å²) < 4.78 is 27.1. The number of hydrogen-bond acceptors (Lipinski definition) is 20. The van der Waals surface area contributed by atoms with E-state index in [9.17, 15) is 53.1 Å². The molecule has 2 aromatic heterocycles. The van der Waals surface area contributed by atoms with Crippen LogP contribution >= 0.6 is 0 Å². The molecule has 2 aliphatic heterocycles. The number of carbonyl (C=O) groups is 10. The molecule has 25 nitrogen and oxygen atoms in total. The van der Waals surface area contributed by atoms with Gasteiger partial charge in [-0.1, -0.05) is 64.1 Å². The summed E-state index contributed by atoms with van der Waals surface area (Å²) in [5.41, 5.74) is 8.33. The molecule has 2 aliphatic rings. The van der Waals surface area contributed by atoms with Gasteiger partial charge in [0.05, 0.1) is 54.7 Å². The van der Waals surface area contributed by atoms with E-state index in [1.165, 1.54) is 16.9 Å². The van der Waals surface area contributed by atoms with Crippen LogP contribution in [0.1, 0.15) is 224 Å². The van der Waals surface area contributed by atoms with Crippen LogP contribution in [0.25, 0.3) is 34.0 Å². The molecule has 556 valence electrons. The molecule has 4 aromatic rings. The number of pyridine rings is 2. The first-order valence-electron chi connectivity index (χ1n) is 34.7. The highest BCUT2D eigenvalue weighted by molar-refractivity contribution is 5.92. The van der Waals surface area contributed by atoms with Crippen LogP contribution in [-0.4, -0.2) is 149 Å². The van der Waals surface area contributed by atoms with Crippen LogP contribution in [0.5, 0.6) is 0 Å². The molecule has 2 fully saturated rings. The molecule has 4 amide bonds.